The van der Waals surface area contributed by atoms with Gasteiger partial charge in [-0.15, -0.1) is 0 Å². The number of fused-ring (bicyclic) bond motifs is 3. The highest BCUT2D eigenvalue weighted by molar-refractivity contribution is 5.83. The molecule has 1 aromatic rings. The number of methoxy groups -OCH3 is 2. The number of aliphatic hydroxyl groups is 1. The second-order valence-corrected chi connectivity index (χ2v) is 6.75. The number of piperidine rings is 1. The molecule has 0 radical (unpaired) electrons. The van der Waals surface area contributed by atoms with Gasteiger partial charge in [0.15, 0.2) is 11.5 Å². The number of benzene rings is 1. The monoisotopic (exact) mass is 333 g/mol. The fourth-order valence-corrected chi connectivity index (χ4v) is 4.03. The van der Waals surface area contributed by atoms with Crippen LogP contribution in [0.4, 0.5) is 0 Å². The maximum Gasteiger partial charge on any atom is 0.161 e. The lowest BCUT2D eigenvalue weighted by Crippen LogP contribution is -2.46. The average Bonchev–Trinajstić information content (AvgIpc) is 2.61. The highest BCUT2D eigenvalue weighted by atomic mass is 16.5. The van der Waals surface area contributed by atoms with Crippen molar-refractivity contribution in [3.8, 4) is 11.5 Å². The topological polar surface area (TPSA) is 59.0 Å². The lowest BCUT2D eigenvalue weighted by molar-refractivity contribution is -0.129. The van der Waals surface area contributed by atoms with Gasteiger partial charge in [0.25, 0.3) is 0 Å². The van der Waals surface area contributed by atoms with Crippen LogP contribution in [0.3, 0.4) is 0 Å². The van der Waals surface area contributed by atoms with Crippen molar-refractivity contribution in [3.63, 3.8) is 0 Å². The molecule has 0 aromatic heterocycles. The number of carbonyl (C=O) groups is 1. The normalized spacial score (nSPS) is 23.5. The van der Waals surface area contributed by atoms with E-state index >= 15 is 0 Å². The lowest BCUT2D eigenvalue weighted by atomic mass is 9.81. The summed E-state index contributed by atoms with van der Waals surface area (Å²) >= 11 is 0. The first kappa shape index (κ1) is 17.2. The molecule has 0 bridgehead atoms. The number of nitrogens with zero attached hydrogens (tertiary/aromatic N) is 1. The molecule has 1 aromatic carbocycles. The zero-order valence-corrected chi connectivity index (χ0v) is 14.6. The van der Waals surface area contributed by atoms with Crippen LogP contribution in [0.2, 0.25) is 0 Å². The molecule has 1 saturated heterocycles. The van der Waals surface area contributed by atoms with Gasteiger partial charge in [-0.1, -0.05) is 6.42 Å². The molecule has 2 aliphatic rings. The molecule has 0 spiro atoms. The van der Waals surface area contributed by atoms with E-state index in [1.807, 2.05) is 6.07 Å². The summed E-state index contributed by atoms with van der Waals surface area (Å²) in [5, 5.41) is 8.93. The Labute approximate surface area is 143 Å². The van der Waals surface area contributed by atoms with E-state index in [4.69, 9.17) is 14.6 Å². The van der Waals surface area contributed by atoms with Gasteiger partial charge in [-0.3, -0.25) is 9.69 Å². The average molecular weight is 333 g/mol. The van der Waals surface area contributed by atoms with E-state index in [0.29, 0.717) is 12.2 Å². The van der Waals surface area contributed by atoms with Crippen LogP contribution in [0.5, 0.6) is 11.5 Å². The SMILES string of the molecule is COc1cc2c(cc1OC)[C@H]1CC(=O)[C@H](CCCCO)CN1CC2. The predicted molar refractivity (Wildman–Crippen MR) is 91.6 cm³/mol. The van der Waals surface area contributed by atoms with E-state index in [9.17, 15) is 4.79 Å². The molecule has 5 heteroatoms. The van der Waals surface area contributed by atoms with E-state index in [1.165, 1.54) is 11.1 Å². The number of aliphatic hydroxyl groups excluding tert-OH is 1. The summed E-state index contributed by atoms with van der Waals surface area (Å²) in [7, 11) is 3.30. The number of unbranched alkanes of at least 4 members (excludes halogenated alkanes) is 1. The molecule has 0 saturated carbocycles. The Bertz CT molecular complexity index is 601. The second kappa shape index (κ2) is 7.53. The van der Waals surface area contributed by atoms with Gasteiger partial charge >= 0.3 is 0 Å². The summed E-state index contributed by atoms with van der Waals surface area (Å²) in [6, 6.07) is 4.27. The molecule has 24 heavy (non-hydrogen) atoms. The van der Waals surface area contributed by atoms with Gasteiger partial charge in [0, 0.05) is 38.1 Å². The Morgan fingerprint density at radius 1 is 1.21 bits per heavy atom. The van der Waals surface area contributed by atoms with E-state index < -0.39 is 0 Å². The molecule has 2 atom stereocenters. The molecule has 0 aliphatic carbocycles. The molecule has 1 fully saturated rings. The first-order chi connectivity index (χ1) is 11.7. The van der Waals surface area contributed by atoms with Crippen molar-refractivity contribution < 1.29 is 19.4 Å². The number of carbonyl (C=O) groups excluding carboxylic acids is 1. The molecule has 1 N–H and O–H groups in total. The molecular formula is C19H27NO4. The van der Waals surface area contributed by atoms with Crippen molar-refractivity contribution in [1.82, 2.24) is 4.90 Å². The van der Waals surface area contributed by atoms with E-state index in [2.05, 4.69) is 11.0 Å². The summed E-state index contributed by atoms with van der Waals surface area (Å²) in [4.78, 5) is 15.0. The van der Waals surface area contributed by atoms with E-state index in [0.717, 1.165) is 50.3 Å². The molecule has 0 amide bonds. The Hall–Kier alpha value is -1.59. The molecule has 5 nitrogen and oxygen atoms in total. The lowest BCUT2D eigenvalue weighted by Gasteiger charge is -2.43. The van der Waals surface area contributed by atoms with Crippen LogP contribution in [0.15, 0.2) is 12.1 Å². The first-order valence-electron chi connectivity index (χ1n) is 8.80. The molecule has 0 unspecified atom stereocenters. The summed E-state index contributed by atoms with van der Waals surface area (Å²) in [6.45, 7) is 2.03. The van der Waals surface area contributed by atoms with Crippen LogP contribution in [0.25, 0.3) is 0 Å². The highest BCUT2D eigenvalue weighted by Gasteiger charge is 2.38. The fraction of sp³-hybridized carbons (Fsp3) is 0.632. The number of rotatable bonds is 6. The van der Waals surface area contributed by atoms with Crippen LogP contribution >= 0.6 is 0 Å². The van der Waals surface area contributed by atoms with Gasteiger partial charge in [0.05, 0.1) is 14.2 Å². The van der Waals surface area contributed by atoms with Crippen molar-refractivity contribution in [2.24, 2.45) is 5.92 Å². The van der Waals surface area contributed by atoms with Crippen molar-refractivity contribution in [3.05, 3.63) is 23.3 Å². The van der Waals surface area contributed by atoms with Gasteiger partial charge in [0.1, 0.15) is 5.78 Å². The fourth-order valence-electron chi connectivity index (χ4n) is 4.03. The van der Waals surface area contributed by atoms with Gasteiger partial charge in [0.2, 0.25) is 0 Å². The largest absolute Gasteiger partial charge is 0.493 e. The van der Waals surface area contributed by atoms with E-state index in [1.54, 1.807) is 14.2 Å². The third kappa shape index (κ3) is 3.28. The third-order valence-corrected chi connectivity index (χ3v) is 5.38. The van der Waals surface area contributed by atoms with Crippen LogP contribution < -0.4 is 9.47 Å². The Balaban J connectivity index is 1.79. The number of Topliss-reactive ketones (excluding diaryl/α,β-unsaturated/α-hetero) is 1. The zero-order chi connectivity index (χ0) is 17.1. The minimum absolute atomic E-state index is 0.120. The molecular weight excluding hydrogens is 306 g/mol. The maximum atomic E-state index is 12.6. The standard InChI is InChI=1S/C19H27NO4/c1-23-18-9-13-6-7-20-12-14(5-3-4-8-21)17(22)11-16(20)15(13)10-19(18)24-2/h9-10,14,16,21H,3-8,11-12H2,1-2H3/t14-,16-/m1/s1. The highest BCUT2D eigenvalue weighted by Crippen LogP contribution is 2.42. The minimum atomic E-state index is 0.120. The summed E-state index contributed by atoms with van der Waals surface area (Å²) in [5.41, 5.74) is 2.47. The molecule has 2 heterocycles. The number of ether oxygens (including phenoxy) is 2. The zero-order valence-electron chi connectivity index (χ0n) is 14.6. The Morgan fingerprint density at radius 3 is 2.67 bits per heavy atom. The smallest absolute Gasteiger partial charge is 0.161 e. The Morgan fingerprint density at radius 2 is 1.96 bits per heavy atom. The Kier molecular flexibility index (Phi) is 5.41. The summed E-state index contributed by atoms with van der Waals surface area (Å²) in [5.74, 6) is 1.97. The molecule has 2 aliphatic heterocycles. The van der Waals surface area contributed by atoms with Crippen LogP contribution in [0.1, 0.15) is 42.9 Å². The van der Waals surface area contributed by atoms with Crippen molar-refractivity contribution in [2.45, 2.75) is 38.1 Å². The van der Waals surface area contributed by atoms with Crippen molar-refractivity contribution in [2.75, 3.05) is 33.9 Å². The molecule has 132 valence electrons. The third-order valence-electron chi connectivity index (χ3n) is 5.38. The number of hydrogen-bond donors (Lipinski definition) is 1. The van der Waals surface area contributed by atoms with Crippen LogP contribution in [-0.2, 0) is 11.2 Å². The van der Waals surface area contributed by atoms with Gasteiger partial charge < -0.3 is 14.6 Å². The van der Waals surface area contributed by atoms with Crippen LogP contribution in [0, 0.1) is 5.92 Å². The maximum absolute atomic E-state index is 12.6. The van der Waals surface area contributed by atoms with Crippen LogP contribution in [-0.4, -0.2) is 49.7 Å². The summed E-state index contributed by atoms with van der Waals surface area (Å²) < 4.78 is 10.8. The summed E-state index contributed by atoms with van der Waals surface area (Å²) in [6.07, 6.45) is 4.15. The van der Waals surface area contributed by atoms with E-state index in [-0.39, 0.29) is 18.6 Å². The quantitative estimate of drug-likeness (QED) is 0.810. The first-order valence-corrected chi connectivity index (χ1v) is 8.80. The number of hydrogen-bond acceptors (Lipinski definition) is 5. The predicted octanol–water partition coefficient (Wildman–Crippen LogP) is 2.35. The van der Waals surface area contributed by atoms with Gasteiger partial charge in [-0.2, -0.15) is 0 Å². The molecule has 3 rings (SSSR count). The second-order valence-electron chi connectivity index (χ2n) is 6.75. The van der Waals surface area contributed by atoms with Gasteiger partial charge in [-0.05, 0) is 42.5 Å². The van der Waals surface area contributed by atoms with Gasteiger partial charge in [-0.25, -0.2) is 0 Å². The van der Waals surface area contributed by atoms with Crippen molar-refractivity contribution in [1.29, 1.82) is 0 Å². The minimum Gasteiger partial charge on any atom is -0.493 e. The number of ketones is 1. The van der Waals surface area contributed by atoms with Crippen molar-refractivity contribution >= 4 is 5.78 Å².